The predicted octanol–water partition coefficient (Wildman–Crippen LogP) is 9.87. The smallest absolute Gasteiger partial charge is 0.103 e. The summed E-state index contributed by atoms with van der Waals surface area (Å²) in [5, 5.41) is 0. The minimum atomic E-state index is 0.380. The van der Waals surface area contributed by atoms with Crippen LogP contribution < -0.4 is 0 Å². The number of aliphatic imine (C=N–C) groups is 2. The molecule has 4 heteroatoms. The molecule has 0 aliphatic rings. The van der Waals surface area contributed by atoms with Gasteiger partial charge in [0.1, 0.15) is 11.4 Å². The van der Waals surface area contributed by atoms with E-state index in [1.807, 2.05) is 13.8 Å². The number of hydrogen-bond donors (Lipinski definition) is 0. The number of hydrogen-bond acceptors (Lipinski definition) is 4. The van der Waals surface area contributed by atoms with Crippen LogP contribution in [0, 0.1) is 13.8 Å². The van der Waals surface area contributed by atoms with Crippen LogP contribution in [0.3, 0.4) is 0 Å². The predicted molar refractivity (Wildman–Crippen MR) is 164 cm³/mol. The van der Waals surface area contributed by atoms with Crippen molar-refractivity contribution in [2.24, 2.45) is 9.98 Å². The van der Waals surface area contributed by atoms with Gasteiger partial charge in [0.15, 0.2) is 0 Å². The normalized spacial score (nSPS) is 12.9. The van der Waals surface area contributed by atoms with E-state index in [2.05, 4.69) is 98.5 Å². The summed E-state index contributed by atoms with van der Waals surface area (Å²) >= 11 is 0. The first-order chi connectivity index (χ1) is 17.8. The highest BCUT2D eigenvalue weighted by Crippen LogP contribution is 2.38. The summed E-state index contributed by atoms with van der Waals surface area (Å²) in [6.07, 6.45) is 3.61. The van der Waals surface area contributed by atoms with Crippen LogP contribution in [0.4, 0.5) is 11.4 Å². The molecule has 0 amide bonds. The van der Waals surface area contributed by atoms with Crippen LogP contribution in [0.2, 0.25) is 0 Å². The highest BCUT2D eigenvalue weighted by molar-refractivity contribution is 6.02. The van der Waals surface area contributed by atoms with E-state index in [4.69, 9.17) is 15.0 Å². The molecule has 1 aromatic heterocycles. The molecule has 202 valence electrons. The largest absolute Gasteiger partial charge is 0.260 e. The minimum absolute atomic E-state index is 0.380. The Morgan fingerprint density at radius 2 is 0.842 bits per heavy atom. The van der Waals surface area contributed by atoms with Gasteiger partial charge in [-0.15, -0.1) is 0 Å². The molecule has 4 nitrogen and oxygen atoms in total. The molecule has 0 aliphatic heterocycles. The molecule has 0 spiro atoms. The van der Waals surface area contributed by atoms with Gasteiger partial charge in [-0.05, 0) is 73.6 Å². The van der Waals surface area contributed by atoms with Crippen molar-refractivity contribution in [3.05, 3.63) is 81.4 Å². The molecule has 0 unspecified atom stereocenters. The van der Waals surface area contributed by atoms with Crippen molar-refractivity contribution in [3.8, 4) is 0 Å². The average molecular weight is 511 g/mol. The summed E-state index contributed by atoms with van der Waals surface area (Å²) in [6, 6.07) is 9.06. The Morgan fingerprint density at radius 3 is 1.11 bits per heavy atom. The summed E-state index contributed by atoms with van der Waals surface area (Å²) in [5.41, 5.74) is 13.1. The summed E-state index contributed by atoms with van der Waals surface area (Å²) in [6.45, 7) is 26.2. The lowest BCUT2D eigenvalue weighted by Crippen LogP contribution is -2.08. The maximum Gasteiger partial charge on any atom is 0.103 e. The van der Waals surface area contributed by atoms with Gasteiger partial charge in [0, 0.05) is 0 Å². The standard InChI is InChI=1S/C34H46N4/c1-19(2)27-13-23(9)14-28(20(3)4)33(27)36-25(11)31-17-35-18-32(38-31)26(12)37-34-29(21(5)6)15-24(10)16-30(34)22(7)8/h13-22H,1-12H3. The zero-order valence-corrected chi connectivity index (χ0v) is 25.6. The minimum Gasteiger partial charge on any atom is -0.260 e. The van der Waals surface area contributed by atoms with Gasteiger partial charge in [-0.2, -0.15) is 0 Å². The van der Waals surface area contributed by atoms with Crippen molar-refractivity contribution < 1.29 is 0 Å². The third-order valence-electron chi connectivity index (χ3n) is 7.05. The molecule has 3 aromatic rings. The first kappa shape index (κ1) is 29.4. The molecule has 0 saturated carbocycles. The molecule has 0 saturated heterocycles. The lowest BCUT2D eigenvalue weighted by atomic mass is 9.90. The van der Waals surface area contributed by atoms with Crippen molar-refractivity contribution >= 4 is 22.8 Å². The molecule has 0 fully saturated rings. The van der Waals surface area contributed by atoms with E-state index >= 15 is 0 Å². The SMILES string of the molecule is CC(=Nc1c(C(C)C)cc(C)cc1C(C)C)c1cncc(C(C)=Nc2c(C(C)C)cc(C)cc2C(C)C)n1. The number of benzene rings is 2. The molecule has 1 heterocycles. The van der Waals surface area contributed by atoms with Crippen molar-refractivity contribution in [2.75, 3.05) is 0 Å². The third-order valence-corrected chi connectivity index (χ3v) is 7.05. The van der Waals surface area contributed by atoms with Crippen LogP contribution in [0.1, 0.15) is 138 Å². The van der Waals surface area contributed by atoms with E-state index in [0.29, 0.717) is 23.7 Å². The molecule has 0 radical (unpaired) electrons. The Bertz CT molecular complexity index is 1200. The molecule has 0 bridgehead atoms. The quantitative estimate of drug-likeness (QED) is 0.283. The lowest BCUT2D eigenvalue weighted by molar-refractivity contribution is 0.831. The summed E-state index contributed by atoms with van der Waals surface area (Å²) in [4.78, 5) is 19.8. The third kappa shape index (κ3) is 6.64. The number of aryl methyl sites for hydroxylation is 2. The monoisotopic (exact) mass is 510 g/mol. The number of aromatic nitrogens is 2. The fraction of sp³-hybridized carbons (Fsp3) is 0.471. The van der Waals surface area contributed by atoms with Gasteiger partial charge in [-0.25, -0.2) is 4.98 Å². The van der Waals surface area contributed by atoms with Gasteiger partial charge < -0.3 is 0 Å². The Balaban J connectivity index is 2.12. The molecular formula is C34H46N4. The van der Waals surface area contributed by atoms with E-state index in [-0.39, 0.29) is 0 Å². The zero-order chi connectivity index (χ0) is 28.3. The van der Waals surface area contributed by atoms with Crippen molar-refractivity contribution in [1.29, 1.82) is 0 Å². The molecule has 3 rings (SSSR count). The second-order valence-corrected chi connectivity index (χ2v) is 11.9. The first-order valence-electron chi connectivity index (χ1n) is 14.0. The molecule has 0 aliphatic carbocycles. The van der Waals surface area contributed by atoms with Gasteiger partial charge in [0.2, 0.25) is 0 Å². The average Bonchev–Trinajstić information content (AvgIpc) is 2.84. The van der Waals surface area contributed by atoms with E-state index in [0.717, 1.165) is 34.2 Å². The maximum absolute atomic E-state index is 5.16. The molecule has 0 atom stereocenters. The van der Waals surface area contributed by atoms with E-state index in [1.54, 1.807) is 12.4 Å². The van der Waals surface area contributed by atoms with Gasteiger partial charge >= 0.3 is 0 Å². The van der Waals surface area contributed by atoms with Crippen LogP contribution in [0.25, 0.3) is 0 Å². The summed E-state index contributed by atoms with van der Waals surface area (Å²) < 4.78 is 0. The molecule has 2 aromatic carbocycles. The van der Waals surface area contributed by atoms with E-state index in [9.17, 15) is 0 Å². The molecule has 0 N–H and O–H groups in total. The summed E-state index contributed by atoms with van der Waals surface area (Å²) in [7, 11) is 0. The van der Waals surface area contributed by atoms with Gasteiger partial charge in [-0.1, -0.05) is 90.8 Å². The fourth-order valence-corrected chi connectivity index (χ4v) is 4.85. The number of rotatable bonds is 8. The zero-order valence-electron chi connectivity index (χ0n) is 25.6. The Hall–Kier alpha value is -3.14. The van der Waals surface area contributed by atoms with Crippen LogP contribution >= 0.6 is 0 Å². The Labute approximate surface area is 230 Å². The van der Waals surface area contributed by atoms with Gasteiger partial charge in [0.05, 0.1) is 35.2 Å². The highest BCUT2D eigenvalue weighted by atomic mass is 14.9. The second-order valence-electron chi connectivity index (χ2n) is 11.9. The van der Waals surface area contributed by atoms with Crippen LogP contribution in [0.5, 0.6) is 0 Å². The van der Waals surface area contributed by atoms with Crippen molar-refractivity contribution in [1.82, 2.24) is 9.97 Å². The summed E-state index contributed by atoms with van der Waals surface area (Å²) in [5.74, 6) is 1.52. The van der Waals surface area contributed by atoms with Crippen LogP contribution in [-0.4, -0.2) is 21.4 Å². The van der Waals surface area contributed by atoms with Crippen LogP contribution in [-0.2, 0) is 0 Å². The van der Waals surface area contributed by atoms with Gasteiger partial charge in [0.25, 0.3) is 0 Å². The van der Waals surface area contributed by atoms with E-state index in [1.165, 1.54) is 33.4 Å². The molecule has 38 heavy (non-hydrogen) atoms. The maximum atomic E-state index is 5.16. The lowest BCUT2D eigenvalue weighted by Gasteiger charge is -2.19. The van der Waals surface area contributed by atoms with Crippen molar-refractivity contribution in [3.63, 3.8) is 0 Å². The highest BCUT2D eigenvalue weighted by Gasteiger charge is 2.18. The van der Waals surface area contributed by atoms with Gasteiger partial charge in [-0.3, -0.25) is 15.0 Å². The van der Waals surface area contributed by atoms with E-state index < -0.39 is 0 Å². The Morgan fingerprint density at radius 1 is 0.553 bits per heavy atom. The fourth-order valence-electron chi connectivity index (χ4n) is 4.85. The molecular weight excluding hydrogens is 464 g/mol. The topological polar surface area (TPSA) is 50.5 Å². The second kappa shape index (κ2) is 12.1. The Kier molecular flexibility index (Phi) is 9.40. The number of nitrogens with zero attached hydrogens (tertiary/aromatic N) is 4. The first-order valence-corrected chi connectivity index (χ1v) is 14.0. The van der Waals surface area contributed by atoms with Crippen molar-refractivity contribution in [2.45, 2.75) is 107 Å². The van der Waals surface area contributed by atoms with Crippen LogP contribution in [0.15, 0.2) is 46.6 Å².